The number of aromatic nitrogens is 2. The quantitative estimate of drug-likeness (QED) is 0.630. The maximum atomic E-state index is 12.2. The Kier molecular flexibility index (Phi) is 5.23. The van der Waals surface area contributed by atoms with Gasteiger partial charge in [-0.1, -0.05) is 0 Å². The van der Waals surface area contributed by atoms with E-state index in [1.165, 1.54) is 19.2 Å². The Balaban J connectivity index is 1.63. The van der Waals surface area contributed by atoms with E-state index in [1.807, 2.05) is 0 Å². The summed E-state index contributed by atoms with van der Waals surface area (Å²) in [6.07, 6.45) is 3.05. The van der Waals surface area contributed by atoms with Gasteiger partial charge in [-0.25, -0.2) is 9.97 Å². The van der Waals surface area contributed by atoms with Crippen molar-refractivity contribution < 1.29 is 14.0 Å². The van der Waals surface area contributed by atoms with E-state index in [0.717, 1.165) is 5.69 Å². The predicted octanol–water partition coefficient (Wildman–Crippen LogP) is 2.70. The Morgan fingerprint density at radius 3 is 2.54 bits per heavy atom. The lowest BCUT2D eigenvalue weighted by molar-refractivity contribution is -0.114. The van der Waals surface area contributed by atoms with E-state index in [9.17, 15) is 9.59 Å². The molecule has 1 aromatic carbocycles. The molecular weight excluding hydrogens is 334 g/mol. The summed E-state index contributed by atoms with van der Waals surface area (Å²) in [4.78, 5) is 31.5. The largest absolute Gasteiger partial charge is 0.467 e. The van der Waals surface area contributed by atoms with Gasteiger partial charge in [0, 0.05) is 24.5 Å². The van der Waals surface area contributed by atoms with Crippen LogP contribution < -0.4 is 16.0 Å². The summed E-state index contributed by atoms with van der Waals surface area (Å²) in [6, 6.07) is 12.1. The van der Waals surface area contributed by atoms with Crippen LogP contribution in [-0.4, -0.2) is 21.8 Å². The van der Waals surface area contributed by atoms with Gasteiger partial charge in [-0.15, -0.1) is 0 Å². The molecule has 0 fully saturated rings. The van der Waals surface area contributed by atoms with Crippen LogP contribution in [0.25, 0.3) is 0 Å². The number of benzene rings is 1. The van der Waals surface area contributed by atoms with Gasteiger partial charge in [-0.05, 0) is 42.5 Å². The van der Waals surface area contributed by atoms with Crippen LogP contribution >= 0.6 is 0 Å². The van der Waals surface area contributed by atoms with E-state index in [2.05, 4.69) is 25.9 Å². The first-order valence-electron chi connectivity index (χ1n) is 7.88. The maximum Gasteiger partial charge on any atom is 0.270 e. The zero-order chi connectivity index (χ0) is 18.4. The number of anilines is 3. The molecule has 3 aromatic rings. The summed E-state index contributed by atoms with van der Waals surface area (Å²) >= 11 is 0. The number of rotatable bonds is 6. The van der Waals surface area contributed by atoms with Gasteiger partial charge in [0.2, 0.25) is 11.9 Å². The van der Waals surface area contributed by atoms with Crippen molar-refractivity contribution in [2.45, 2.75) is 13.5 Å². The van der Waals surface area contributed by atoms with Crippen LogP contribution in [0.3, 0.4) is 0 Å². The molecule has 0 unspecified atom stereocenters. The molecule has 2 heterocycles. The zero-order valence-corrected chi connectivity index (χ0v) is 14.0. The second-order valence-electron chi connectivity index (χ2n) is 5.41. The maximum absolute atomic E-state index is 12.2. The van der Waals surface area contributed by atoms with Gasteiger partial charge >= 0.3 is 0 Å². The van der Waals surface area contributed by atoms with Crippen molar-refractivity contribution >= 4 is 29.1 Å². The van der Waals surface area contributed by atoms with Crippen molar-refractivity contribution in [3.05, 3.63) is 66.4 Å². The molecule has 0 aliphatic rings. The molecule has 0 atom stereocenters. The lowest BCUT2D eigenvalue weighted by Gasteiger charge is -2.08. The van der Waals surface area contributed by atoms with Crippen LogP contribution in [0.15, 0.2) is 59.3 Å². The molecule has 2 amide bonds. The highest BCUT2D eigenvalue weighted by molar-refractivity contribution is 5.92. The molecule has 26 heavy (non-hydrogen) atoms. The molecule has 0 aliphatic heterocycles. The number of carbonyl (C=O) groups is 2. The Morgan fingerprint density at radius 2 is 1.85 bits per heavy atom. The van der Waals surface area contributed by atoms with Gasteiger partial charge in [0.25, 0.3) is 5.91 Å². The Bertz CT molecular complexity index is 891. The highest BCUT2D eigenvalue weighted by atomic mass is 16.3. The SMILES string of the molecule is CC(=O)Nc1ccc(Nc2nccc(C(=O)NCc3ccco3)n2)cc1. The van der Waals surface area contributed by atoms with Gasteiger partial charge in [0.05, 0.1) is 12.8 Å². The van der Waals surface area contributed by atoms with Crippen molar-refractivity contribution in [1.82, 2.24) is 15.3 Å². The number of hydrogen-bond donors (Lipinski definition) is 3. The minimum absolute atomic E-state index is 0.137. The highest BCUT2D eigenvalue weighted by Gasteiger charge is 2.09. The summed E-state index contributed by atoms with van der Waals surface area (Å²) in [5.74, 6) is 0.489. The molecule has 0 spiro atoms. The Hall–Kier alpha value is -3.68. The molecule has 0 saturated heterocycles. The summed E-state index contributed by atoms with van der Waals surface area (Å²) in [7, 11) is 0. The van der Waals surface area contributed by atoms with Crippen LogP contribution in [0.2, 0.25) is 0 Å². The van der Waals surface area contributed by atoms with E-state index < -0.39 is 0 Å². The topological polar surface area (TPSA) is 109 Å². The molecule has 0 aliphatic carbocycles. The minimum Gasteiger partial charge on any atom is -0.467 e. The number of nitrogens with zero attached hydrogens (tertiary/aromatic N) is 2. The van der Waals surface area contributed by atoms with Crippen molar-refractivity contribution in [3.63, 3.8) is 0 Å². The molecule has 0 radical (unpaired) electrons. The van der Waals surface area contributed by atoms with E-state index in [1.54, 1.807) is 42.7 Å². The van der Waals surface area contributed by atoms with Crippen molar-refractivity contribution in [2.75, 3.05) is 10.6 Å². The van der Waals surface area contributed by atoms with Crippen molar-refractivity contribution in [1.29, 1.82) is 0 Å². The fourth-order valence-electron chi connectivity index (χ4n) is 2.19. The van der Waals surface area contributed by atoms with Gasteiger partial charge in [0.15, 0.2) is 0 Å². The van der Waals surface area contributed by atoms with Gasteiger partial charge in [0.1, 0.15) is 11.5 Å². The first-order chi connectivity index (χ1) is 12.6. The van der Waals surface area contributed by atoms with Gasteiger partial charge < -0.3 is 20.4 Å². The first-order valence-corrected chi connectivity index (χ1v) is 7.88. The first kappa shape index (κ1) is 17.2. The average molecular weight is 351 g/mol. The molecular formula is C18H17N5O3. The summed E-state index contributed by atoms with van der Waals surface area (Å²) < 4.78 is 5.17. The monoisotopic (exact) mass is 351 g/mol. The molecule has 2 aromatic heterocycles. The zero-order valence-electron chi connectivity index (χ0n) is 14.0. The average Bonchev–Trinajstić information content (AvgIpc) is 3.15. The smallest absolute Gasteiger partial charge is 0.270 e. The van der Waals surface area contributed by atoms with E-state index in [0.29, 0.717) is 17.4 Å². The molecule has 8 nitrogen and oxygen atoms in total. The van der Waals surface area contributed by atoms with Gasteiger partial charge in [-0.3, -0.25) is 9.59 Å². The van der Waals surface area contributed by atoms with Crippen LogP contribution in [0, 0.1) is 0 Å². The Morgan fingerprint density at radius 1 is 1.08 bits per heavy atom. The van der Waals surface area contributed by atoms with E-state index in [4.69, 9.17) is 4.42 Å². The number of amides is 2. The molecule has 3 N–H and O–H groups in total. The van der Waals surface area contributed by atoms with Crippen molar-refractivity contribution in [2.24, 2.45) is 0 Å². The third-order valence-corrected chi connectivity index (χ3v) is 3.35. The summed E-state index contributed by atoms with van der Waals surface area (Å²) in [5, 5.41) is 8.43. The molecule has 8 heteroatoms. The fraction of sp³-hybridized carbons (Fsp3) is 0.111. The molecule has 0 saturated carbocycles. The third kappa shape index (κ3) is 4.67. The van der Waals surface area contributed by atoms with Crippen LogP contribution in [-0.2, 0) is 11.3 Å². The van der Waals surface area contributed by atoms with Crippen LogP contribution in [0.5, 0.6) is 0 Å². The molecule has 132 valence electrons. The summed E-state index contributed by atoms with van der Waals surface area (Å²) in [6.45, 7) is 1.73. The van der Waals surface area contributed by atoms with Crippen LogP contribution in [0.4, 0.5) is 17.3 Å². The fourth-order valence-corrected chi connectivity index (χ4v) is 2.19. The second kappa shape index (κ2) is 7.93. The standard InChI is InChI=1S/C18H17N5O3/c1-12(24)21-13-4-6-14(7-5-13)22-18-19-9-8-16(23-18)17(25)20-11-15-3-2-10-26-15/h2-10H,11H2,1H3,(H,20,25)(H,21,24)(H,19,22,23). The lowest BCUT2D eigenvalue weighted by atomic mass is 10.3. The third-order valence-electron chi connectivity index (χ3n) is 3.35. The summed E-state index contributed by atoms with van der Waals surface area (Å²) in [5.41, 5.74) is 1.66. The van der Waals surface area contributed by atoms with Crippen LogP contribution in [0.1, 0.15) is 23.2 Å². The normalized spacial score (nSPS) is 10.2. The predicted molar refractivity (Wildman–Crippen MR) is 95.9 cm³/mol. The molecule has 3 rings (SSSR count). The number of furan rings is 1. The van der Waals surface area contributed by atoms with E-state index in [-0.39, 0.29) is 24.1 Å². The highest BCUT2D eigenvalue weighted by Crippen LogP contribution is 2.16. The number of nitrogens with one attached hydrogen (secondary N) is 3. The number of carbonyl (C=O) groups excluding carboxylic acids is 2. The Labute approximate surface area is 149 Å². The lowest BCUT2D eigenvalue weighted by Crippen LogP contribution is -2.23. The second-order valence-corrected chi connectivity index (χ2v) is 5.41. The minimum atomic E-state index is -0.326. The molecule has 0 bridgehead atoms. The van der Waals surface area contributed by atoms with Crippen molar-refractivity contribution in [3.8, 4) is 0 Å². The number of hydrogen-bond acceptors (Lipinski definition) is 6. The van der Waals surface area contributed by atoms with E-state index >= 15 is 0 Å². The van der Waals surface area contributed by atoms with Gasteiger partial charge in [-0.2, -0.15) is 0 Å².